The van der Waals surface area contributed by atoms with Crippen LogP contribution < -0.4 is 0 Å². The van der Waals surface area contributed by atoms with Crippen LogP contribution in [0.5, 0.6) is 0 Å². The highest BCUT2D eigenvalue weighted by atomic mass is 32.1. The summed E-state index contributed by atoms with van der Waals surface area (Å²) in [5.41, 5.74) is 0.462. The third-order valence-corrected chi connectivity index (χ3v) is 1.67. The fraction of sp³-hybridized carbons (Fsp3) is 0.375. The minimum absolute atomic E-state index is 0.00912. The number of carbonyl (C=O) groups is 1. The predicted molar refractivity (Wildman–Crippen MR) is 52.3 cm³/mol. The first-order chi connectivity index (χ1) is 7.04. The number of halogens is 2. The number of aromatic nitrogens is 2. The first kappa shape index (κ1) is 11.6. The van der Waals surface area contributed by atoms with E-state index in [2.05, 4.69) is 22.3 Å². The van der Waals surface area contributed by atoms with E-state index in [1.54, 1.807) is 6.92 Å². The second-order valence-electron chi connectivity index (χ2n) is 2.75. The Hall–Kier alpha value is -1.46. The smallest absolute Gasteiger partial charge is 0.264 e. The maximum absolute atomic E-state index is 12.1. The maximum atomic E-state index is 12.1. The molecule has 0 aliphatic heterocycles. The Morgan fingerprint density at radius 2 is 2.47 bits per heavy atom. The van der Waals surface area contributed by atoms with Crippen LogP contribution in [-0.4, -0.2) is 27.3 Å². The third-order valence-electron chi connectivity index (χ3n) is 1.58. The monoisotopic (exact) mass is 231 g/mol. The van der Waals surface area contributed by atoms with Gasteiger partial charge in [-0.15, -0.1) is 0 Å². The summed E-state index contributed by atoms with van der Waals surface area (Å²) in [4.78, 5) is 14.5. The number of rotatable bonds is 3. The Morgan fingerprint density at radius 1 is 1.80 bits per heavy atom. The Labute approximate surface area is 89.6 Å². The first-order valence-electron chi connectivity index (χ1n) is 3.99. The molecule has 7 heteroatoms. The lowest BCUT2D eigenvalue weighted by Gasteiger charge is -2.02. The van der Waals surface area contributed by atoms with Crippen molar-refractivity contribution in [3.63, 3.8) is 0 Å². The van der Waals surface area contributed by atoms with E-state index in [0.717, 1.165) is 4.68 Å². The summed E-state index contributed by atoms with van der Waals surface area (Å²) < 4.78 is 25.2. The van der Waals surface area contributed by atoms with E-state index < -0.39 is 18.9 Å². The molecule has 0 bridgehead atoms. The summed E-state index contributed by atoms with van der Waals surface area (Å²) >= 11 is 4.25. The predicted octanol–water partition coefficient (Wildman–Crippen LogP) is 1.70. The highest BCUT2D eigenvalue weighted by molar-refractivity contribution is 7.78. The molecule has 1 aromatic heterocycles. The van der Waals surface area contributed by atoms with Gasteiger partial charge in [0.1, 0.15) is 12.2 Å². The molecule has 1 aromatic rings. The molecule has 4 nitrogen and oxygen atoms in total. The van der Waals surface area contributed by atoms with Gasteiger partial charge in [-0.1, -0.05) is 0 Å². The van der Waals surface area contributed by atoms with Crippen molar-refractivity contribution in [3.8, 4) is 0 Å². The lowest BCUT2D eigenvalue weighted by molar-refractivity contribution is 0.0971. The van der Waals surface area contributed by atoms with Gasteiger partial charge in [-0.2, -0.15) is 10.1 Å². The fourth-order valence-corrected chi connectivity index (χ4v) is 1.17. The van der Waals surface area contributed by atoms with Crippen molar-refractivity contribution in [1.29, 1.82) is 0 Å². The summed E-state index contributed by atoms with van der Waals surface area (Å²) in [5.74, 6) is -0.716. The number of thiocarbonyl (C=S) groups is 1. The van der Waals surface area contributed by atoms with Crippen molar-refractivity contribution in [3.05, 3.63) is 17.5 Å². The number of nitrogens with zero attached hydrogens (tertiary/aromatic N) is 3. The molecule has 0 radical (unpaired) electrons. The average Bonchev–Trinajstić information content (AvgIpc) is 2.46. The zero-order valence-corrected chi connectivity index (χ0v) is 8.59. The van der Waals surface area contributed by atoms with Crippen LogP contribution >= 0.6 is 12.2 Å². The Bertz CT molecular complexity index is 424. The van der Waals surface area contributed by atoms with Crippen LogP contribution in [0.25, 0.3) is 0 Å². The van der Waals surface area contributed by atoms with Gasteiger partial charge < -0.3 is 0 Å². The summed E-state index contributed by atoms with van der Waals surface area (Å²) in [6.07, 6.45) is -2.58. The summed E-state index contributed by atoms with van der Waals surface area (Å²) in [7, 11) is 0. The molecule has 0 saturated carbocycles. The zero-order chi connectivity index (χ0) is 11.4. The molecule has 15 heavy (non-hydrogen) atoms. The molecule has 0 aliphatic rings. The SMILES string of the molecule is Cc1cc(C(=O)N=C=S)n(CC(F)F)n1. The number of aryl methyl sites for hydroxylation is 1. The van der Waals surface area contributed by atoms with Gasteiger partial charge in [-0.25, -0.2) is 8.78 Å². The Kier molecular flexibility index (Phi) is 3.76. The van der Waals surface area contributed by atoms with Crippen molar-refractivity contribution in [1.82, 2.24) is 9.78 Å². The van der Waals surface area contributed by atoms with Gasteiger partial charge in [0.05, 0.1) is 10.9 Å². The number of isothiocyanates is 1. The van der Waals surface area contributed by atoms with E-state index in [1.807, 2.05) is 5.16 Å². The van der Waals surface area contributed by atoms with E-state index >= 15 is 0 Å². The molecule has 0 atom stereocenters. The number of alkyl halides is 2. The fourth-order valence-electron chi connectivity index (χ4n) is 1.09. The largest absolute Gasteiger partial charge is 0.304 e. The van der Waals surface area contributed by atoms with Crippen molar-refractivity contribution in [2.24, 2.45) is 4.99 Å². The molecule has 0 aromatic carbocycles. The molecule has 80 valence electrons. The summed E-state index contributed by atoms with van der Waals surface area (Å²) in [6, 6.07) is 1.38. The zero-order valence-electron chi connectivity index (χ0n) is 7.78. The van der Waals surface area contributed by atoms with E-state index in [1.165, 1.54) is 6.07 Å². The van der Waals surface area contributed by atoms with E-state index in [0.29, 0.717) is 5.69 Å². The van der Waals surface area contributed by atoms with Gasteiger partial charge in [0.15, 0.2) is 0 Å². The molecule has 1 amide bonds. The number of carbonyl (C=O) groups excluding carboxylic acids is 1. The minimum Gasteiger partial charge on any atom is -0.264 e. The average molecular weight is 231 g/mol. The van der Waals surface area contributed by atoms with Gasteiger partial charge in [0.2, 0.25) is 0 Å². The van der Waals surface area contributed by atoms with Gasteiger partial charge in [0, 0.05) is 0 Å². The number of hydrogen-bond donors (Lipinski definition) is 0. The van der Waals surface area contributed by atoms with Crippen LogP contribution in [0, 0.1) is 6.92 Å². The van der Waals surface area contributed by atoms with Gasteiger partial charge in [-0.3, -0.25) is 9.48 Å². The first-order valence-corrected chi connectivity index (χ1v) is 4.40. The number of amides is 1. The van der Waals surface area contributed by atoms with E-state index in [-0.39, 0.29) is 5.69 Å². The van der Waals surface area contributed by atoms with Crippen LogP contribution in [-0.2, 0) is 6.54 Å². The molecule has 0 saturated heterocycles. The molecule has 0 aliphatic carbocycles. The highest BCUT2D eigenvalue weighted by Crippen LogP contribution is 2.08. The minimum atomic E-state index is -2.58. The normalized spacial score (nSPS) is 10.1. The Morgan fingerprint density at radius 3 is 3.00 bits per heavy atom. The van der Waals surface area contributed by atoms with E-state index in [4.69, 9.17) is 0 Å². The third kappa shape index (κ3) is 3.00. The van der Waals surface area contributed by atoms with Gasteiger partial charge in [-0.05, 0) is 25.2 Å². The summed E-state index contributed by atoms with van der Waals surface area (Å²) in [5, 5.41) is 5.63. The second kappa shape index (κ2) is 4.86. The van der Waals surface area contributed by atoms with Crippen molar-refractivity contribution < 1.29 is 13.6 Å². The molecule has 0 unspecified atom stereocenters. The maximum Gasteiger partial charge on any atom is 0.304 e. The second-order valence-corrected chi connectivity index (χ2v) is 2.93. The van der Waals surface area contributed by atoms with Crippen molar-refractivity contribution in [2.45, 2.75) is 19.9 Å². The van der Waals surface area contributed by atoms with Crippen LogP contribution in [0.4, 0.5) is 8.78 Å². The molecular weight excluding hydrogens is 224 g/mol. The van der Waals surface area contributed by atoms with Gasteiger partial charge >= 0.3 is 5.91 Å². The quantitative estimate of drug-likeness (QED) is 0.587. The molecule has 0 fully saturated rings. The highest BCUT2D eigenvalue weighted by Gasteiger charge is 2.15. The van der Waals surface area contributed by atoms with Crippen LogP contribution in [0.2, 0.25) is 0 Å². The lowest BCUT2D eigenvalue weighted by atomic mass is 10.3. The van der Waals surface area contributed by atoms with Crippen LogP contribution in [0.1, 0.15) is 16.2 Å². The summed E-state index contributed by atoms with van der Waals surface area (Å²) in [6.45, 7) is 0.960. The van der Waals surface area contributed by atoms with Gasteiger partial charge in [0.25, 0.3) is 6.43 Å². The Balaban J connectivity index is 3.05. The molecule has 1 heterocycles. The number of hydrogen-bond acceptors (Lipinski definition) is 3. The van der Waals surface area contributed by atoms with Crippen LogP contribution in [0.3, 0.4) is 0 Å². The molecular formula is C8H7F2N3OS. The molecule has 1 rings (SSSR count). The molecule has 0 spiro atoms. The number of aliphatic imine (C=N–C) groups is 1. The molecule has 0 N–H and O–H groups in total. The standard InChI is InChI=1S/C8H7F2N3OS/c1-5-2-6(8(14)11-4-15)13(12-5)3-7(9)10/h2,7H,3H2,1H3. The topological polar surface area (TPSA) is 47.2 Å². The van der Waals surface area contributed by atoms with E-state index in [9.17, 15) is 13.6 Å². The van der Waals surface area contributed by atoms with Crippen molar-refractivity contribution >= 4 is 23.3 Å². The lowest BCUT2D eigenvalue weighted by Crippen LogP contribution is -2.14. The van der Waals surface area contributed by atoms with Crippen LogP contribution in [0.15, 0.2) is 11.1 Å². The van der Waals surface area contributed by atoms with Crippen molar-refractivity contribution in [2.75, 3.05) is 0 Å².